The normalized spacial score (nSPS) is 16.0. The minimum atomic E-state index is 0.0425. The second kappa shape index (κ2) is 8.33. The van der Waals surface area contributed by atoms with Crippen molar-refractivity contribution in [2.24, 2.45) is 0 Å². The molecule has 0 radical (unpaired) electrons. The lowest BCUT2D eigenvalue weighted by Crippen LogP contribution is -2.30. The number of imidazole rings is 1. The van der Waals surface area contributed by atoms with Gasteiger partial charge < -0.3 is 14.0 Å². The van der Waals surface area contributed by atoms with Gasteiger partial charge >= 0.3 is 0 Å². The maximum absolute atomic E-state index is 13.3. The van der Waals surface area contributed by atoms with Crippen molar-refractivity contribution in [3.8, 4) is 5.75 Å². The molecule has 4 heterocycles. The molecule has 6 rings (SSSR count). The molecule has 33 heavy (non-hydrogen) atoms. The summed E-state index contributed by atoms with van der Waals surface area (Å²) in [6.07, 6.45) is 5.87. The Bertz CT molecular complexity index is 1370. The zero-order chi connectivity index (χ0) is 22.2. The monoisotopic (exact) mass is 454 g/mol. The first-order valence-corrected chi connectivity index (χ1v) is 11.9. The Labute approximate surface area is 195 Å². The average molecular weight is 455 g/mol. The molecule has 164 valence electrons. The van der Waals surface area contributed by atoms with E-state index in [2.05, 4.69) is 11.1 Å². The van der Waals surface area contributed by atoms with Gasteiger partial charge in [0.1, 0.15) is 23.0 Å². The lowest BCUT2D eigenvalue weighted by Gasteiger charge is -2.23. The van der Waals surface area contributed by atoms with Crippen molar-refractivity contribution in [2.45, 2.75) is 25.5 Å². The Morgan fingerprint density at radius 2 is 1.88 bits per heavy atom. The summed E-state index contributed by atoms with van der Waals surface area (Å²) in [6, 6.07) is 21.5. The summed E-state index contributed by atoms with van der Waals surface area (Å²) >= 11 is 1.69. The number of ether oxygens (including phenoxy) is 1. The van der Waals surface area contributed by atoms with Crippen LogP contribution in [0.4, 0.5) is 0 Å². The van der Waals surface area contributed by atoms with Crippen molar-refractivity contribution in [1.29, 1.82) is 0 Å². The van der Waals surface area contributed by atoms with Gasteiger partial charge in [-0.2, -0.15) is 0 Å². The fourth-order valence-corrected chi connectivity index (χ4v) is 5.49. The van der Waals surface area contributed by atoms with Gasteiger partial charge in [0.25, 0.3) is 5.91 Å². The molecule has 0 N–H and O–H groups in total. The fourth-order valence-electron chi connectivity index (χ4n) is 4.37. The van der Waals surface area contributed by atoms with Crippen LogP contribution in [-0.2, 0) is 6.61 Å². The second-order valence-corrected chi connectivity index (χ2v) is 9.25. The summed E-state index contributed by atoms with van der Waals surface area (Å²) in [5, 5.41) is 1.02. The maximum atomic E-state index is 13.3. The van der Waals surface area contributed by atoms with E-state index in [-0.39, 0.29) is 11.9 Å². The van der Waals surface area contributed by atoms with E-state index >= 15 is 0 Å². The predicted molar refractivity (Wildman–Crippen MR) is 129 cm³/mol. The number of para-hydroxylation sites is 1. The van der Waals surface area contributed by atoms with Crippen molar-refractivity contribution in [3.05, 3.63) is 95.4 Å². The first-order valence-electron chi connectivity index (χ1n) is 11.1. The minimum Gasteiger partial charge on any atom is -0.487 e. The van der Waals surface area contributed by atoms with Gasteiger partial charge in [0, 0.05) is 24.5 Å². The van der Waals surface area contributed by atoms with Crippen LogP contribution in [0, 0.1) is 0 Å². The number of hydrogen-bond acceptors (Lipinski definition) is 5. The van der Waals surface area contributed by atoms with Gasteiger partial charge in [0.05, 0.1) is 22.0 Å². The van der Waals surface area contributed by atoms with Crippen molar-refractivity contribution >= 4 is 33.1 Å². The van der Waals surface area contributed by atoms with Gasteiger partial charge in [-0.3, -0.25) is 4.79 Å². The molecule has 1 amide bonds. The van der Waals surface area contributed by atoms with Crippen LogP contribution >= 0.6 is 11.3 Å². The van der Waals surface area contributed by atoms with Gasteiger partial charge in [-0.05, 0) is 61.4 Å². The smallest absolute Gasteiger partial charge is 0.254 e. The molecule has 0 bridgehead atoms. The van der Waals surface area contributed by atoms with Crippen molar-refractivity contribution < 1.29 is 9.53 Å². The number of nitrogens with zero attached hydrogens (tertiary/aromatic N) is 4. The van der Waals surface area contributed by atoms with Crippen molar-refractivity contribution in [1.82, 2.24) is 19.3 Å². The van der Waals surface area contributed by atoms with E-state index in [4.69, 9.17) is 9.72 Å². The molecule has 0 spiro atoms. The Hall–Kier alpha value is -3.71. The van der Waals surface area contributed by atoms with Gasteiger partial charge in [-0.15, -0.1) is 11.3 Å². The van der Waals surface area contributed by atoms with E-state index in [0.29, 0.717) is 17.9 Å². The topological polar surface area (TPSA) is 59.7 Å². The quantitative estimate of drug-likeness (QED) is 0.352. The highest BCUT2D eigenvalue weighted by molar-refractivity contribution is 7.18. The van der Waals surface area contributed by atoms with Gasteiger partial charge in [-0.1, -0.05) is 18.2 Å². The number of aromatic nitrogens is 3. The third-order valence-corrected chi connectivity index (χ3v) is 7.15. The first kappa shape index (κ1) is 19.9. The summed E-state index contributed by atoms with van der Waals surface area (Å²) in [7, 11) is 0. The van der Waals surface area contributed by atoms with Crippen LogP contribution in [0.15, 0.2) is 79.1 Å². The molecule has 1 atom stereocenters. The Balaban J connectivity index is 1.15. The molecule has 0 aliphatic carbocycles. The zero-order valence-electron chi connectivity index (χ0n) is 17.9. The zero-order valence-corrected chi connectivity index (χ0v) is 18.7. The van der Waals surface area contributed by atoms with Crippen LogP contribution in [0.2, 0.25) is 0 Å². The number of thiazole rings is 1. The molecule has 3 aromatic heterocycles. The molecule has 1 fully saturated rings. The number of amides is 1. The predicted octanol–water partition coefficient (Wildman–Crippen LogP) is 5.50. The van der Waals surface area contributed by atoms with Crippen LogP contribution in [0.5, 0.6) is 5.75 Å². The highest BCUT2D eigenvalue weighted by Gasteiger charge is 2.32. The highest BCUT2D eigenvalue weighted by atomic mass is 32.1. The summed E-state index contributed by atoms with van der Waals surface area (Å²) in [6.45, 7) is 1.13. The Kier molecular flexibility index (Phi) is 5.03. The molecule has 0 saturated carbocycles. The summed E-state index contributed by atoms with van der Waals surface area (Å²) < 4.78 is 9.03. The summed E-state index contributed by atoms with van der Waals surface area (Å²) in [5.74, 6) is 0.761. The summed E-state index contributed by atoms with van der Waals surface area (Å²) in [4.78, 5) is 24.6. The van der Waals surface area contributed by atoms with E-state index in [1.54, 1.807) is 11.3 Å². The number of fused-ring (bicyclic) bond motifs is 2. The van der Waals surface area contributed by atoms with Crippen LogP contribution in [-0.4, -0.2) is 31.7 Å². The van der Waals surface area contributed by atoms with E-state index in [1.165, 1.54) is 4.70 Å². The van der Waals surface area contributed by atoms with Crippen LogP contribution in [0.25, 0.3) is 15.9 Å². The fraction of sp³-hybridized carbons (Fsp3) is 0.192. The third kappa shape index (κ3) is 3.85. The molecular formula is C26H22N4O2S. The van der Waals surface area contributed by atoms with Crippen molar-refractivity contribution in [3.63, 3.8) is 0 Å². The number of hydrogen-bond donors (Lipinski definition) is 0. The summed E-state index contributed by atoms with van der Waals surface area (Å²) in [5.41, 5.74) is 3.43. The number of carbonyl (C=O) groups excluding carboxylic acids is 1. The minimum absolute atomic E-state index is 0.0425. The molecule has 2 aromatic carbocycles. The first-order chi connectivity index (χ1) is 16.2. The van der Waals surface area contributed by atoms with E-state index < -0.39 is 0 Å². The van der Waals surface area contributed by atoms with Gasteiger partial charge in [0.2, 0.25) is 0 Å². The number of benzene rings is 2. The van der Waals surface area contributed by atoms with E-state index in [9.17, 15) is 4.79 Å². The van der Waals surface area contributed by atoms with Gasteiger partial charge in [0.15, 0.2) is 0 Å². The standard InChI is InChI=1S/C26H22N4O2S/c31-26(30-15-5-7-22(30)25-28-21-6-1-2-8-23(21)33-25)18-10-12-20(13-11-18)32-17-19-16-29-14-4-3-9-24(29)27-19/h1-4,6,8-14,16,22H,5,7,15,17H2/t22-/m0/s1. The van der Waals surface area contributed by atoms with Crippen molar-refractivity contribution in [2.75, 3.05) is 6.54 Å². The maximum Gasteiger partial charge on any atom is 0.254 e. The molecule has 7 heteroatoms. The second-order valence-electron chi connectivity index (χ2n) is 8.19. The Morgan fingerprint density at radius 3 is 2.73 bits per heavy atom. The number of likely N-dealkylation sites (tertiary alicyclic amines) is 1. The Morgan fingerprint density at radius 1 is 1.03 bits per heavy atom. The lowest BCUT2D eigenvalue weighted by atomic mass is 10.1. The molecule has 1 saturated heterocycles. The van der Waals surface area contributed by atoms with Crippen LogP contribution in [0.3, 0.4) is 0 Å². The highest BCUT2D eigenvalue weighted by Crippen LogP contribution is 2.37. The molecule has 6 nitrogen and oxygen atoms in total. The molecule has 1 aliphatic heterocycles. The lowest BCUT2D eigenvalue weighted by molar-refractivity contribution is 0.0735. The molecule has 1 aliphatic rings. The average Bonchev–Trinajstić information content (AvgIpc) is 3.59. The molecule has 0 unspecified atom stereocenters. The SMILES string of the molecule is O=C(c1ccc(OCc2cn3ccccc3n2)cc1)N1CCC[C@H]1c1nc2ccccc2s1. The number of rotatable bonds is 5. The van der Waals surface area contributed by atoms with E-state index in [0.717, 1.165) is 41.3 Å². The third-order valence-electron chi connectivity index (χ3n) is 6.01. The molecular weight excluding hydrogens is 432 g/mol. The van der Waals surface area contributed by atoms with Gasteiger partial charge in [-0.25, -0.2) is 9.97 Å². The van der Waals surface area contributed by atoms with Crippen LogP contribution < -0.4 is 4.74 Å². The molecule has 5 aromatic rings. The number of carbonyl (C=O) groups is 1. The van der Waals surface area contributed by atoms with E-state index in [1.807, 2.05) is 82.4 Å². The number of pyridine rings is 1. The largest absolute Gasteiger partial charge is 0.487 e. The van der Waals surface area contributed by atoms with Crippen LogP contribution in [0.1, 0.15) is 39.9 Å².